The Morgan fingerprint density at radius 3 is 1.52 bits per heavy atom. The minimum Gasteiger partial charge on any atom is -0.309 e. The van der Waals surface area contributed by atoms with Crippen LogP contribution in [-0.2, 0) is 10.8 Å². The highest BCUT2D eigenvalue weighted by Crippen LogP contribution is 2.50. The molecule has 0 bridgehead atoms. The van der Waals surface area contributed by atoms with Gasteiger partial charge in [-0.3, -0.25) is 4.57 Å². The lowest BCUT2D eigenvalue weighted by Crippen LogP contribution is -2.33. The molecule has 0 saturated carbocycles. The van der Waals surface area contributed by atoms with Gasteiger partial charge in [0.1, 0.15) is 0 Å². The highest BCUT2D eigenvalue weighted by Gasteiger charge is 2.38. The van der Waals surface area contributed by atoms with Crippen LogP contribution in [0, 0.1) is 0 Å². The summed E-state index contributed by atoms with van der Waals surface area (Å²) < 4.78 is 7.10. The first-order valence-electron chi connectivity index (χ1n) is 24.2. The molecule has 4 heterocycles. The Morgan fingerprint density at radius 2 is 0.841 bits per heavy atom. The molecule has 0 amide bonds. The summed E-state index contributed by atoms with van der Waals surface area (Å²) in [4.78, 5) is 16.2. The van der Waals surface area contributed by atoms with Gasteiger partial charge in [-0.2, -0.15) is 9.97 Å². The average Bonchev–Trinajstić information content (AvgIpc) is 4.03. The Morgan fingerprint density at radius 1 is 0.348 bits per heavy atom. The van der Waals surface area contributed by atoms with Crippen LogP contribution in [0.15, 0.2) is 194 Å². The Labute approximate surface area is 399 Å². The minimum absolute atomic E-state index is 0.0458. The molecule has 6 nitrogen and oxygen atoms in total. The first-order valence-corrected chi connectivity index (χ1v) is 24.2. The van der Waals surface area contributed by atoms with Crippen LogP contribution in [0.25, 0.3) is 116 Å². The molecular weight excluding hydrogens is 841 g/mol. The van der Waals surface area contributed by atoms with E-state index in [1.807, 2.05) is 0 Å². The van der Waals surface area contributed by atoms with Crippen molar-refractivity contribution in [1.29, 1.82) is 0 Å². The van der Waals surface area contributed by atoms with E-state index in [0.717, 1.165) is 57.1 Å². The molecule has 9 aromatic carbocycles. The molecule has 0 aliphatic heterocycles. The van der Waals surface area contributed by atoms with E-state index in [9.17, 15) is 0 Å². The molecule has 330 valence electrons. The monoisotopic (exact) mass is 888 g/mol. The van der Waals surface area contributed by atoms with Crippen LogP contribution in [0.5, 0.6) is 0 Å². The second-order valence-corrected chi connectivity index (χ2v) is 20.3. The number of aromatic nitrogens is 6. The largest absolute Gasteiger partial charge is 0.309 e. The third kappa shape index (κ3) is 5.94. The Kier molecular flexibility index (Phi) is 8.40. The molecular formula is C63H48N6. The quantitative estimate of drug-likeness (QED) is 0.173. The van der Waals surface area contributed by atoms with Gasteiger partial charge in [0, 0.05) is 54.8 Å². The van der Waals surface area contributed by atoms with Crippen molar-refractivity contribution < 1.29 is 0 Å². The normalized spacial score (nSPS) is 14.5. The molecule has 0 atom stereocenters. The third-order valence-electron chi connectivity index (χ3n) is 15.3. The van der Waals surface area contributed by atoms with Gasteiger partial charge in [0.05, 0.1) is 33.1 Å². The van der Waals surface area contributed by atoms with Crippen LogP contribution in [0.4, 0.5) is 0 Å². The summed E-state index contributed by atoms with van der Waals surface area (Å²) in [7, 11) is 0. The molecule has 13 aromatic rings. The van der Waals surface area contributed by atoms with Crippen LogP contribution in [-0.4, -0.2) is 28.7 Å². The summed E-state index contributed by atoms with van der Waals surface area (Å²) in [5, 5.41) is 9.64. The Balaban J connectivity index is 1.03. The van der Waals surface area contributed by atoms with Crippen molar-refractivity contribution in [2.75, 3.05) is 0 Å². The predicted molar refractivity (Wildman–Crippen MR) is 287 cm³/mol. The van der Waals surface area contributed by atoms with Gasteiger partial charge in [-0.15, -0.1) is 0 Å². The van der Waals surface area contributed by atoms with E-state index >= 15 is 0 Å². The summed E-state index contributed by atoms with van der Waals surface area (Å²) in [6.07, 6.45) is 2.30. The second kappa shape index (κ2) is 14.6. The SMILES string of the molecule is CC1(C)CCC(C)(C)c2cc3c(cc21)c1c2c4ccccc4n(-c4nc(-c5ccc(-n6c7ccccc7c7ccccc76)cc5)nc(-c5ccc6ccccc6c5)n4)c2ccc1n3-c1ccccc1. The third-order valence-corrected chi connectivity index (χ3v) is 15.3. The van der Waals surface area contributed by atoms with Crippen molar-refractivity contribution in [1.82, 2.24) is 28.7 Å². The molecule has 6 heteroatoms. The van der Waals surface area contributed by atoms with Crippen molar-refractivity contribution >= 4 is 76.2 Å². The fourth-order valence-electron chi connectivity index (χ4n) is 11.7. The van der Waals surface area contributed by atoms with Gasteiger partial charge < -0.3 is 9.13 Å². The fourth-order valence-corrected chi connectivity index (χ4v) is 11.7. The molecule has 0 unspecified atom stereocenters. The highest BCUT2D eigenvalue weighted by molar-refractivity contribution is 6.29. The Bertz CT molecular complexity index is 4190. The summed E-state index contributed by atoms with van der Waals surface area (Å²) >= 11 is 0. The lowest BCUT2D eigenvalue weighted by atomic mass is 9.63. The topological polar surface area (TPSA) is 53.5 Å². The van der Waals surface area contributed by atoms with Crippen LogP contribution in [0.3, 0.4) is 0 Å². The molecule has 0 fully saturated rings. The highest BCUT2D eigenvalue weighted by atomic mass is 15.2. The molecule has 69 heavy (non-hydrogen) atoms. The van der Waals surface area contributed by atoms with E-state index in [2.05, 4.69) is 236 Å². The van der Waals surface area contributed by atoms with Gasteiger partial charge >= 0.3 is 0 Å². The van der Waals surface area contributed by atoms with Gasteiger partial charge in [0.25, 0.3) is 0 Å². The van der Waals surface area contributed by atoms with Gasteiger partial charge in [-0.1, -0.05) is 137 Å². The molecule has 0 saturated heterocycles. The maximum absolute atomic E-state index is 5.44. The van der Waals surface area contributed by atoms with Gasteiger partial charge in [0.2, 0.25) is 5.95 Å². The van der Waals surface area contributed by atoms with Crippen LogP contribution >= 0.6 is 0 Å². The number of benzene rings is 9. The van der Waals surface area contributed by atoms with E-state index in [1.165, 1.54) is 65.5 Å². The molecule has 0 spiro atoms. The predicted octanol–water partition coefficient (Wildman–Crippen LogP) is 16.0. The first kappa shape index (κ1) is 39.8. The minimum atomic E-state index is 0.0458. The zero-order valence-electron chi connectivity index (χ0n) is 39.1. The zero-order chi connectivity index (χ0) is 46.2. The molecule has 4 aromatic heterocycles. The number of para-hydroxylation sites is 4. The van der Waals surface area contributed by atoms with E-state index < -0.39 is 0 Å². The van der Waals surface area contributed by atoms with Crippen molar-refractivity contribution in [3.63, 3.8) is 0 Å². The molecule has 0 radical (unpaired) electrons. The van der Waals surface area contributed by atoms with Gasteiger partial charge in [-0.25, -0.2) is 4.98 Å². The Hall–Kier alpha value is -8.35. The molecule has 1 aliphatic carbocycles. The zero-order valence-corrected chi connectivity index (χ0v) is 39.1. The maximum Gasteiger partial charge on any atom is 0.238 e. The summed E-state index contributed by atoms with van der Waals surface area (Å²) in [5.41, 5.74) is 13.9. The van der Waals surface area contributed by atoms with Crippen molar-refractivity contribution in [2.45, 2.75) is 51.4 Å². The molecule has 14 rings (SSSR count). The van der Waals surface area contributed by atoms with Gasteiger partial charge in [0.15, 0.2) is 11.6 Å². The lowest BCUT2D eigenvalue weighted by molar-refractivity contribution is 0.332. The second-order valence-electron chi connectivity index (χ2n) is 20.3. The number of hydrogen-bond acceptors (Lipinski definition) is 3. The number of nitrogens with zero attached hydrogens (tertiary/aromatic N) is 6. The first-order chi connectivity index (χ1) is 33.7. The standard InChI is InChI=1S/C63H48N6/c1-62(2)34-35-63(3,4)50-38-56-48(37-49(50)62)58-54(68(56)43-18-6-5-7-19-43)32-33-55-57(58)47-22-12-15-25-53(47)69(55)61-65-59(64-60(66-61)42-27-26-39-16-8-9-17-41(39)36-42)40-28-30-44(31-29-40)67-51-23-13-10-20-45(51)46-21-11-14-24-52(46)67/h5-33,36-38H,34-35H2,1-4H3. The van der Waals surface area contributed by atoms with E-state index in [-0.39, 0.29) is 10.8 Å². The summed E-state index contributed by atoms with van der Waals surface area (Å²) in [6, 6.07) is 70.2. The van der Waals surface area contributed by atoms with Crippen molar-refractivity contribution in [2.24, 2.45) is 0 Å². The van der Waals surface area contributed by atoms with E-state index in [4.69, 9.17) is 15.0 Å². The van der Waals surface area contributed by atoms with Crippen LogP contribution < -0.4 is 0 Å². The lowest BCUT2D eigenvalue weighted by Gasteiger charge is -2.42. The van der Waals surface area contributed by atoms with E-state index in [0.29, 0.717) is 17.6 Å². The van der Waals surface area contributed by atoms with Crippen molar-refractivity contribution in [3.8, 4) is 40.1 Å². The fraction of sp³-hybridized carbons (Fsp3) is 0.127. The van der Waals surface area contributed by atoms with Gasteiger partial charge in [-0.05, 0) is 131 Å². The summed E-state index contributed by atoms with van der Waals surface area (Å²) in [6.45, 7) is 9.69. The number of rotatable bonds is 5. The smallest absolute Gasteiger partial charge is 0.238 e. The maximum atomic E-state index is 5.44. The van der Waals surface area contributed by atoms with E-state index in [1.54, 1.807) is 0 Å². The summed E-state index contributed by atoms with van der Waals surface area (Å²) in [5.74, 6) is 1.81. The van der Waals surface area contributed by atoms with Crippen LogP contribution in [0.2, 0.25) is 0 Å². The molecule has 1 aliphatic rings. The van der Waals surface area contributed by atoms with Crippen molar-refractivity contribution in [3.05, 3.63) is 205 Å². The average molecular weight is 889 g/mol. The number of hydrogen-bond donors (Lipinski definition) is 0. The molecule has 0 N–H and O–H groups in total. The van der Waals surface area contributed by atoms with Crippen LogP contribution in [0.1, 0.15) is 51.7 Å². The number of fused-ring (bicyclic) bond motifs is 12.